The van der Waals surface area contributed by atoms with Crippen LogP contribution in [0, 0.1) is 0 Å². The first kappa shape index (κ1) is 11.6. The molecule has 88 valence electrons. The molecule has 0 fully saturated rings. The van der Waals surface area contributed by atoms with Crippen molar-refractivity contribution in [2.45, 2.75) is 13.1 Å². The molecular weight excluding hydrogens is 212 g/mol. The number of rotatable bonds is 5. The zero-order valence-electron chi connectivity index (χ0n) is 9.89. The molecule has 17 heavy (non-hydrogen) atoms. The molecule has 1 heterocycles. The van der Waals surface area contributed by atoms with Crippen LogP contribution in [0.4, 0.5) is 0 Å². The lowest BCUT2D eigenvalue weighted by Gasteiger charge is -2.09. The van der Waals surface area contributed by atoms with Crippen LogP contribution in [-0.4, -0.2) is 12.1 Å². The average Bonchev–Trinajstić information content (AvgIpc) is 2.40. The van der Waals surface area contributed by atoms with Gasteiger partial charge in [0, 0.05) is 31.0 Å². The van der Waals surface area contributed by atoms with Crippen molar-refractivity contribution < 1.29 is 4.74 Å². The highest BCUT2D eigenvalue weighted by Crippen LogP contribution is 2.16. The van der Waals surface area contributed by atoms with Gasteiger partial charge in [0.15, 0.2) is 0 Å². The Morgan fingerprint density at radius 3 is 2.59 bits per heavy atom. The Labute approximate surface area is 101 Å². The second kappa shape index (κ2) is 6.01. The second-order valence-electron chi connectivity index (χ2n) is 3.77. The first-order chi connectivity index (χ1) is 8.40. The summed E-state index contributed by atoms with van der Waals surface area (Å²) >= 11 is 0. The zero-order chi connectivity index (χ0) is 11.9. The number of benzene rings is 1. The van der Waals surface area contributed by atoms with E-state index in [-0.39, 0.29) is 0 Å². The Morgan fingerprint density at radius 1 is 1.06 bits per heavy atom. The standard InChI is InChI=1S/C14H16N2O/c1-17-14-5-3-2-4-13(14)11-16-10-12-6-8-15-9-7-12/h2-9,16H,10-11H2,1H3. The second-order valence-corrected chi connectivity index (χ2v) is 3.77. The maximum atomic E-state index is 5.30. The summed E-state index contributed by atoms with van der Waals surface area (Å²) in [6.45, 7) is 1.63. The van der Waals surface area contributed by atoms with Gasteiger partial charge < -0.3 is 10.1 Å². The Balaban J connectivity index is 1.90. The smallest absolute Gasteiger partial charge is 0.123 e. The lowest BCUT2D eigenvalue weighted by Crippen LogP contribution is -2.13. The summed E-state index contributed by atoms with van der Waals surface area (Å²) < 4.78 is 5.30. The fourth-order valence-corrected chi connectivity index (χ4v) is 1.69. The van der Waals surface area contributed by atoms with Crippen LogP contribution in [0.5, 0.6) is 5.75 Å². The zero-order valence-corrected chi connectivity index (χ0v) is 9.89. The van der Waals surface area contributed by atoms with Gasteiger partial charge in [-0.25, -0.2) is 0 Å². The molecule has 3 nitrogen and oxygen atoms in total. The van der Waals surface area contributed by atoms with Crippen LogP contribution >= 0.6 is 0 Å². The molecule has 2 rings (SSSR count). The normalized spacial score (nSPS) is 10.2. The van der Waals surface area contributed by atoms with Crippen LogP contribution < -0.4 is 10.1 Å². The maximum Gasteiger partial charge on any atom is 0.123 e. The molecule has 1 N–H and O–H groups in total. The molecule has 0 bridgehead atoms. The lowest BCUT2D eigenvalue weighted by atomic mass is 10.2. The van der Waals surface area contributed by atoms with Gasteiger partial charge in [-0.3, -0.25) is 4.98 Å². The van der Waals surface area contributed by atoms with E-state index in [1.807, 2.05) is 30.3 Å². The van der Waals surface area contributed by atoms with Crippen molar-refractivity contribution in [1.29, 1.82) is 0 Å². The third kappa shape index (κ3) is 3.29. The third-order valence-electron chi connectivity index (χ3n) is 2.59. The average molecular weight is 228 g/mol. The van der Waals surface area contributed by atoms with Gasteiger partial charge in [-0.05, 0) is 23.8 Å². The van der Waals surface area contributed by atoms with E-state index >= 15 is 0 Å². The Kier molecular flexibility index (Phi) is 4.11. The van der Waals surface area contributed by atoms with Crippen LogP contribution in [0.25, 0.3) is 0 Å². The monoisotopic (exact) mass is 228 g/mol. The van der Waals surface area contributed by atoms with Gasteiger partial charge in [0.2, 0.25) is 0 Å². The van der Waals surface area contributed by atoms with Crippen LogP contribution in [-0.2, 0) is 13.1 Å². The van der Waals surface area contributed by atoms with Crippen LogP contribution in [0.15, 0.2) is 48.8 Å². The van der Waals surface area contributed by atoms with Crippen LogP contribution in [0.3, 0.4) is 0 Å². The van der Waals surface area contributed by atoms with E-state index in [0.717, 1.165) is 18.8 Å². The van der Waals surface area contributed by atoms with E-state index in [4.69, 9.17) is 4.74 Å². The molecule has 0 amide bonds. The summed E-state index contributed by atoms with van der Waals surface area (Å²) in [6.07, 6.45) is 3.61. The van der Waals surface area contributed by atoms with Gasteiger partial charge in [0.1, 0.15) is 5.75 Å². The molecule has 1 aromatic heterocycles. The number of hydrogen-bond donors (Lipinski definition) is 1. The van der Waals surface area contributed by atoms with Gasteiger partial charge in [-0.1, -0.05) is 18.2 Å². The van der Waals surface area contributed by atoms with E-state index in [0.29, 0.717) is 0 Å². The van der Waals surface area contributed by atoms with E-state index in [9.17, 15) is 0 Å². The summed E-state index contributed by atoms with van der Waals surface area (Å²) in [6, 6.07) is 12.1. The molecule has 3 heteroatoms. The summed E-state index contributed by atoms with van der Waals surface area (Å²) in [5.74, 6) is 0.926. The minimum atomic E-state index is 0.798. The highest BCUT2D eigenvalue weighted by Gasteiger charge is 2.00. The number of para-hydroxylation sites is 1. The first-order valence-electron chi connectivity index (χ1n) is 5.61. The molecule has 0 radical (unpaired) electrons. The largest absolute Gasteiger partial charge is 0.496 e. The highest BCUT2D eigenvalue weighted by atomic mass is 16.5. The summed E-state index contributed by atoms with van der Waals surface area (Å²) in [5.41, 5.74) is 2.40. The summed E-state index contributed by atoms with van der Waals surface area (Å²) in [5, 5.41) is 3.38. The minimum absolute atomic E-state index is 0.798. The van der Waals surface area contributed by atoms with E-state index in [2.05, 4.69) is 16.4 Å². The molecule has 0 aliphatic heterocycles. The minimum Gasteiger partial charge on any atom is -0.496 e. The fraction of sp³-hybridized carbons (Fsp3) is 0.214. The molecule has 0 atom stereocenters. The van der Waals surface area contributed by atoms with Crippen LogP contribution in [0.2, 0.25) is 0 Å². The fourth-order valence-electron chi connectivity index (χ4n) is 1.69. The molecule has 1 aromatic carbocycles. The predicted octanol–water partition coefficient (Wildman–Crippen LogP) is 2.38. The van der Waals surface area contributed by atoms with Crippen molar-refractivity contribution in [3.8, 4) is 5.75 Å². The van der Waals surface area contributed by atoms with Crippen LogP contribution in [0.1, 0.15) is 11.1 Å². The van der Waals surface area contributed by atoms with Crippen molar-refractivity contribution in [2.24, 2.45) is 0 Å². The number of pyridine rings is 1. The number of nitrogens with zero attached hydrogens (tertiary/aromatic N) is 1. The molecule has 0 saturated carbocycles. The van der Waals surface area contributed by atoms with Crippen molar-refractivity contribution in [1.82, 2.24) is 10.3 Å². The molecule has 0 saturated heterocycles. The van der Waals surface area contributed by atoms with Crippen molar-refractivity contribution in [3.05, 3.63) is 59.9 Å². The number of methoxy groups -OCH3 is 1. The first-order valence-corrected chi connectivity index (χ1v) is 5.61. The molecular formula is C14H16N2O. The Hall–Kier alpha value is -1.87. The van der Waals surface area contributed by atoms with Gasteiger partial charge in [0.05, 0.1) is 7.11 Å². The molecule has 0 aliphatic carbocycles. The van der Waals surface area contributed by atoms with Gasteiger partial charge in [0.25, 0.3) is 0 Å². The Bertz CT molecular complexity index is 457. The Morgan fingerprint density at radius 2 is 1.82 bits per heavy atom. The summed E-state index contributed by atoms with van der Waals surface area (Å²) in [4.78, 5) is 3.99. The van der Waals surface area contributed by atoms with E-state index in [1.165, 1.54) is 11.1 Å². The lowest BCUT2D eigenvalue weighted by molar-refractivity contribution is 0.407. The molecule has 0 spiro atoms. The van der Waals surface area contributed by atoms with Crippen molar-refractivity contribution in [3.63, 3.8) is 0 Å². The van der Waals surface area contributed by atoms with E-state index < -0.39 is 0 Å². The SMILES string of the molecule is COc1ccccc1CNCc1ccncc1. The number of hydrogen-bond acceptors (Lipinski definition) is 3. The van der Waals surface area contributed by atoms with Crippen molar-refractivity contribution in [2.75, 3.05) is 7.11 Å². The molecule has 2 aromatic rings. The molecule has 0 unspecified atom stereocenters. The maximum absolute atomic E-state index is 5.30. The van der Waals surface area contributed by atoms with Gasteiger partial charge >= 0.3 is 0 Å². The highest BCUT2D eigenvalue weighted by molar-refractivity contribution is 5.33. The topological polar surface area (TPSA) is 34.1 Å². The van der Waals surface area contributed by atoms with Crippen molar-refractivity contribution >= 4 is 0 Å². The molecule has 0 aliphatic rings. The number of aromatic nitrogens is 1. The third-order valence-corrected chi connectivity index (χ3v) is 2.59. The van der Waals surface area contributed by atoms with E-state index in [1.54, 1.807) is 19.5 Å². The number of nitrogens with one attached hydrogen (secondary N) is 1. The number of ether oxygens (including phenoxy) is 1. The summed E-state index contributed by atoms with van der Waals surface area (Å²) in [7, 11) is 1.70. The van der Waals surface area contributed by atoms with Gasteiger partial charge in [-0.2, -0.15) is 0 Å². The van der Waals surface area contributed by atoms with Gasteiger partial charge in [-0.15, -0.1) is 0 Å². The predicted molar refractivity (Wildman–Crippen MR) is 67.8 cm³/mol. The quantitative estimate of drug-likeness (QED) is 0.853.